The summed E-state index contributed by atoms with van der Waals surface area (Å²) in [4.78, 5) is 8.89. The van der Waals surface area contributed by atoms with Crippen LogP contribution >= 0.6 is 0 Å². The van der Waals surface area contributed by atoms with Crippen LogP contribution in [0.4, 0.5) is 5.69 Å². The van der Waals surface area contributed by atoms with E-state index >= 15 is 0 Å². The van der Waals surface area contributed by atoms with E-state index in [1.54, 1.807) is 6.07 Å². The number of aliphatic carboxylic acids is 1. The zero-order chi connectivity index (χ0) is 22.9. The molecule has 0 heterocycles. The van der Waals surface area contributed by atoms with Gasteiger partial charge in [0.2, 0.25) is 10.0 Å². The lowest BCUT2D eigenvalue weighted by atomic mass is 9.94. The lowest BCUT2D eigenvalue weighted by Gasteiger charge is -2.28. The van der Waals surface area contributed by atoms with E-state index in [1.807, 2.05) is 18.2 Å². The SMILES string of the molecule is CC(=O)[O-].CC(C)(Cc1ccccc1)NC[C@H](O)c1ccc(O)c(NS(C)(=O)=O)c1. The minimum atomic E-state index is -3.52. The lowest BCUT2D eigenvalue weighted by Crippen LogP contribution is -2.43. The molecule has 0 saturated carbocycles. The minimum absolute atomic E-state index is 0.0487. The number of carboxylic acid groups (broad SMARTS) is 1. The van der Waals surface area contributed by atoms with Gasteiger partial charge >= 0.3 is 0 Å². The second-order valence-electron chi connectivity index (χ2n) is 7.59. The van der Waals surface area contributed by atoms with E-state index in [0.29, 0.717) is 12.1 Å². The van der Waals surface area contributed by atoms with Gasteiger partial charge in [-0.2, -0.15) is 0 Å². The summed E-state index contributed by atoms with van der Waals surface area (Å²) in [5.41, 5.74) is 1.53. The van der Waals surface area contributed by atoms with Crippen molar-refractivity contribution >= 4 is 21.7 Å². The average Bonchev–Trinajstić information content (AvgIpc) is 2.60. The summed E-state index contributed by atoms with van der Waals surface area (Å²) in [7, 11) is -3.52. The number of anilines is 1. The standard InChI is InChI=1S/C19H26N2O4S.C2H4O2/c1-19(2,12-14-7-5-4-6-8-14)20-13-18(23)15-9-10-17(22)16(11-15)21-26(3,24)25;1-2(3)4/h4-11,18,20-23H,12-13H2,1-3H3;1H3,(H,3,4)/p-1/t18-;/m0./s1. The molecule has 2 aromatic carbocycles. The first kappa shape index (κ1) is 25.4. The highest BCUT2D eigenvalue weighted by Gasteiger charge is 2.20. The molecule has 1 atom stereocenters. The van der Waals surface area contributed by atoms with Crippen molar-refractivity contribution in [1.82, 2.24) is 5.32 Å². The number of hydrogen-bond donors (Lipinski definition) is 4. The molecule has 2 rings (SSSR count). The Bertz CT molecular complexity index is 926. The van der Waals surface area contributed by atoms with Gasteiger partial charge in [-0.1, -0.05) is 36.4 Å². The molecule has 0 bridgehead atoms. The van der Waals surface area contributed by atoms with Gasteiger partial charge in [0.05, 0.1) is 18.0 Å². The Morgan fingerprint density at radius 1 is 1.17 bits per heavy atom. The number of benzene rings is 2. The Kier molecular flexibility index (Phi) is 9.28. The molecule has 0 saturated heterocycles. The van der Waals surface area contributed by atoms with Crippen molar-refractivity contribution < 1.29 is 28.5 Å². The van der Waals surface area contributed by atoms with Gasteiger partial charge in [0.25, 0.3) is 0 Å². The number of rotatable bonds is 8. The van der Waals surface area contributed by atoms with E-state index < -0.39 is 22.1 Å². The van der Waals surface area contributed by atoms with Crippen LogP contribution in [0.15, 0.2) is 48.5 Å². The predicted molar refractivity (Wildman–Crippen MR) is 114 cm³/mol. The number of aromatic hydroxyl groups is 1. The summed E-state index contributed by atoms with van der Waals surface area (Å²) in [5.74, 6) is -1.27. The zero-order valence-electron chi connectivity index (χ0n) is 17.5. The molecule has 0 fully saturated rings. The van der Waals surface area contributed by atoms with Crippen molar-refractivity contribution in [2.24, 2.45) is 0 Å². The number of carboxylic acids is 1. The van der Waals surface area contributed by atoms with Crippen molar-refractivity contribution in [1.29, 1.82) is 0 Å². The third-order valence-electron chi connectivity index (χ3n) is 3.96. The van der Waals surface area contributed by atoms with Crippen molar-refractivity contribution in [3.05, 3.63) is 59.7 Å². The number of carbonyl (C=O) groups excluding carboxylic acids is 1. The van der Waals surface area contributed by atoms with E-state index in [1.165, 1.54) is 17.7 Å². The highest BCUT2D eigenvalue weighted by atomic mass is 32.2. The number of phenols is 1. The second kappa shape index (κ2) is 11.0. The summed E-state index contributed by atoms with van der Waals surface area (Å²) in [5, 5.41) is 32.4. The Morgan fingerprint density at radius 3 is 2.27 bits per heavy atom. The highest BCUT2D eigenvalue weighted by Crippen LogP contribution is 2.28. The van der Waals surface area contributed by atoms with Gasteiger partial charge in [-0.05, 0) is 50.5 Å². The maximum atomic E-state index is 11.4. The lowest BCUT2D eigenvalue weighted by molar-refractivity contribution is -0.302. The molecule has 0 amide bonds. The maximum absolute atomic E-state index is 11.4. The summed E-state index contributed by atoms with van der Waals surface area (Å²) in [6, 6.07) is 14.4. The quantitative estimate of drug-likeness (QED) is 0.455. The van der Waals surface area contributed by atoms with Crippen LogP contribution < -0.4 is 15.1 Å². The number of aliphatic hydroxyl groups is 1. The number of nitrogens with one attached hydrogen (secondary N) is 2. The first-order chi connectivity index (χ1) is 13.8. The number of aliphatic hydroxyl groups excluding tert-OH is 1. The van der Waals surface area contributed by atoms with Crippen molar-refractivity contribution in [2.45, 2.75) is 38.8 Å². The molecular weight excluding hydrogens is 408 g/mol. The number of sulfonamides is 1. The predicted octanol–water partition coefficient (Wildman–Crippen LogP) is 1.16. The topological polar surface area (TPSA) is 139 Å². The Balaban J connectivity index is 0.00000103. The van der Waals surface area contributed by atoms with Crippen molar-refractivity contribution in [3.63, 3.8) is 0 Å². The molecule has 30 heavy (non-hydrogen) atoms. The largest absolute Gasteiger partial charge is 0.550 e. The van der Waals surface area contributed by atoms with E-state index in [0.717, 1.165) is 19.6 Å². The number of phenolic OH excluding ortho intramolecular Hbond substituents is 1. The van der Waals surface area contributed by atoms with E-state index in [9.17, 15) is 18.6 Å². The summed E-state index contributed by atoms with van der Waals surface area (Å²) in [6.07, 6.45) is 0.964. The molecule has 9 heteroatoms. The Morgan fingerprint density at radius 2 is 1.73 bits per heavy atom. The van der Waals surface area contributed by atoms with Crippen molar-refractivity contribution in [2.75, 3.05) is 17.5 Å². The number of β-amino-alcohol motifs (C(OH)–C–C–N with tert-alkyl or cyclic N) is 1. The van der Waals surface area contributed by atoms with Crippen LogP contribution in [0.2, 0.25) is 0 Å². The van der Waals surface area contributed by atoms with Gasteiger partial charge < -0.3 is 25.4 Å². The number of hydrogen-bond acceptors (Lipinski definition) is 7. The monoisotopic (exact) mass is 437 g/mol. The highest BCUT2D eigenvalue weighted by molar-refractivity contribution is 7.92. The molecule has 8 nitrogen and oxygen atoms in total. The molecule has 2 aromatic rings. The first-order valence-corrected chi connectivity index (χ1v) is 11.1. The van der Waals surface area contributed by atoms with Crippen LogP contribution in [0, 0.1) is 0 Å². The third kappa shape index (κ3) is 10.2. The fourth-order valence-corrected chi connectivity index (χ4v) is 3.26. The van der Waals surface area contributed by atoms with Crippen LogP contribution in [-0.2, 0) is 21.2 Å². The van der Waals surface area contributed by atoms with Crippen LogP contribution in [0.1, 0.15) is 38.0 Å². The molecule has 0 spiro atoms. The number of carbonyl (C=O) groups is 1. The molecule has 0 aliphatic rings. The first-order valence-electron chi connectivity index (χ1n) is 9.24. The Hall–Kier alpha value is -2.62. The molecule has 0 aliphatic carbocycles. The molecule has 4 N–H and O–H groups in total. The third-order valence-corrected chi connectivity index (χ3v) is 4.55. The molecule has 0 radical (unpaired) electrons. The van der Waals surface area contributed by atoms with Gasteiger partial charge in [-0.3, -0.25) is 4.72 Å². The molecule has 0 unspecified atom stereocenters. The summed E-state index contributed by atoms with van der Waals surface area (Å²) >= 11 is 0. The van der Waals surface area contributed by atoms with Gasteiger partial charge in [-0.15, -0.1) is 0 Å². The fourth-order valence-electron chi connectivity index (χ4n) is 2.70. The maximum Gasteiger partial charge on any atom is 0.229 e. The Labute approximate surface area is 177 Å². The normalized spacial score (nSPS) is 12.4. The summed E-state index contributed by atoms with van der Waals surface area (Å²) in [6.45, 7) is 5.38. The molecule has 166 valence electrons. The zero-order valence-corrected chi connectivity index (χ0v) is 18.4. The van der Waals surface area contributed by atoms with E-state index in [-0.39, 0.29) is 17.0 Å². The fraction of sp³-hybridized carbons (Fsp3) is 0.381. The smallest absolute Gasteiger partial charge is 0.229 e. The van der Waals surface area contributed by atoms with Gasteiger partial charge in [0.15, 0.2) is 0 Å². The van der Waals surface area contributed by atoms with Crippen LogP contribution in [0.5, 0.6) is 5.75 Å². The van der Waals surface area contributed by atoms with Crippen LogP contribution in [0.25, 0.3) is 0 Å². The van der Waals surface area contributed by atoms with Crippen molar-refractivity contribution in [3.8, 4) is 5.75 Å². The molecule has 0 aliphatic heterocycles. The average molecular weight is 438 g/mol. The van der Waals surface area contributed by atoms with E-state index in [2.05, 4.69) is 36.0 Å². The van der Waals surface area contributed by atoms with Crippen LogP contribution in [-0.4, -0.2) is 42.9 Å². The second-order valence-corrected chi connectivity index (χ2v) is 9.33. The van der Waals surface area contributed by atoms with E-state index in [4.69, 9.17) is 9.90 Å². The van der Waals surface area contributed by atoms with Crippen LogP contribution in [0.3, 0.4) is 0 Å². The van der Waals surface area contributed by atoms with Gasteiger partial charge in [0, 0.05) is 18.1 Å². The van der Waals surface area contributed by atoms with Gasteiger partial charge in [0.1, 0.15) is 5.75 Å². The molecule has 0 aromatic heterocycles. The van der Waals surface area contributed by atoms with Gasteiger partial charge in [-0.25, -0.2) is 8.42 Å². The molecular formula is C21H29N2O6S-. The summed E-state index contributed by atoms with van der Waals surface area (Å²) < 4.78 is 25.0. The minimum Gasteiger partial charge on any atom is -0.550 e.